The summed E-state index contributed by atoms with van der Waals surface area (Å²) in [6.45, 7) is 8.03. The number of rotatable bonds is 1. The molecule has 0 radical (unpaired) electrons. The number of nitrogen functional groups attached to an aromatic ring is 1. The normalized spacial score (nSPS) is 22.6. The van der Waals surface area contributed by atoms with Gasteiger partial charge in [-0.25, -0.2) is 4.98 Å². The van der Waals surface area contributed by atoms with Crippen LogP contribution in [-0.2, 0) is 0 Å². The molecule has 4 nitrogen and oxygen atoms in total. The zero-order valence-corrected chi connectivity index (χ0v) is 12.8. The van der Waals surface area contributed by atoms with E-state index in [1.807, 2.05) is 17.9 Å². The summed E-state index contributed by atoms with van der Waals surface area (Å²) in [5.41, 5.74) is 7.87. The highest BCUT2D eigenvalue weighted by molar-refractivity contribution is 7.21. The molecule has 2 aromatic rings. The van der Waals surface area contributed by atoms with Gasteiger partial charge >= 0.3 is 0 Å². The zero-order chi connectivity index (χ0) is 14.4. The van der Waals surface area contributed by atoms with Crippen molar-refractivity contribution < 1.29 is 4.79 Å². The lowest BCUT2D eigenvalue weighted by molar-refractivity contribution is 0.0791. The van der Waals surface area contributed by atoms with Gasteiger partial charge < -0.3 is 10.6 Å². The Labute approximate surface area is 122 Å². The smallest absolute Gasteiger partial charge is 0.266 e. The van der Waals surface area contributed by atoms with Gasteiger partial charge in [-0.05, 0) is 30.4 Å². The molecule has 20 heavy (non-hydrogen) atoms. The number of hydrogen-bond donors (Lipinski definition) is 1. The van der Waals surface area contributed by atoms with E-state index in [-0.39, 0.29) is 5.91 Å². The van der Waals surface area contributed by atoms with Gasteiger partial charge in [0.1, 0.15) is 9.71 Å². The van der Waals surface area contributed by atoms with Crippen molar-refractivity contribution in [3.63, 3.8) is 0 Å². The van der Waals surface area contributed by atoms with Crippen LogP contribution < -0.4 is 5.73 Å². The lowest BCUT2D eigenvalue weighted by atomic mass is 10.0. The molecule has 2 aromatic heterocycles. The van der Waals surface area contributed by atoms with Crippen molar-refractivity contribution in [2.24, 2.45) is 11.8 Å². The van der Waals surface area contributed by atoms with Gasteiger partial charge in [0.05, 0.1) is 5.69 Å². The van der Waals surface area contributed by atoms with Crippen LogP contribution in [0.5, 0.6) is 0 Å². The first-order chi connectivity index (χ1) is 9.49. The summed E-state index contributed by atoms with van der Waals surface area (Å²) in [5, 5.41) is 0.932. The Morgan fingerprint density at radius 1 is 1.40 bits per heavy atom. The standard InChI is InChI=1S/C15H19N3OS/c1-8-4-5-17-14-11(8)12(16)13(20-14)15(19)18-6-9(2)10(3)7-18/h4-5,9-10H,6-7,16H2,1-3H3. The third-order valence-electron chi connectivity index (χ3n) is 4.31. The van der Waals surface area contributed by atoms with Crippen LogP contribution in [0.15, 0.2) is 12.3 Å². The number of aryl methyl sites for hydroxylation is 1. The fourth-order valence-electron chi connectivity index (χ4n) is 2.80. The summed E-state index contributed by atoms with van der Waals surface area (Å²) in [6.07, 6.45) is 1.77. The van der Waals surface area contributed by atoms with Crippen molar-refractivity contribution >= 4 is 33.1 Å². The van der Waals surface area contributed by atoms with Gasteiger partial charge in [0.2, 0.25) is 0 Å². The number of anilines is 1. The molecule has 3 heterocycles. The molecule has 5 heteroatoms. The summed E-state index contributed by atoms with van der Waals surface area (Å²) >= 11 is 1.41. The Kier molecular flexibility index (Phi) is 3.17. The summed E-state index contributed by atoms with van der Waals surface area (Å²) in [4.78, 5) is 20.4. The molecule has 1 aliphatic rings. The molecule has 0 aliphatic carbocycles. The summed E-state index contributed by atoms with van der Waals surface area (Å²) in [6, 6.07) is 1.93. The van der Waals surface area contributed by atoms with E-state index in [1.165, 1.54) is 11.3 Å². The molecule has 1 saturated heterocycles. The van der Waals surface area contributed by atoms with E-state index in [4.69, 9.17) is 5.73 Å². The zero-order valence-electron chi connectivity index (χ0n) is 12.0. The number of thiophene rings is 1. The highest BCUT2D eigenvalue weighted by atomic mass is 32.1. The quantitative estimate of drug-likeness (QED) is 0.878. The molecule has 106 valence electrons. The Morgan fingerprint density at radius 3 is 2.65 bits per heavy atom. The molecule has 0 bridgehead atoms. The summed E-state index contributed by atoms with van der Waals surface area (Å²) in [5.74, 6) is 1.16. The van der Waals surface area contributed by atoms with Crippen molar-refractivity contribution in [2.45, 2.75) is 20.8 Å². The molecule has 2 atom stereocenters. The lowest BCUT2D eigenvalue weighted by Gasteiger charge is -2.15. The van der Waals surface area contributed by atoms with Crippen LogP contribution >= 0.6 is 11.3 Å². The number of hydrogen-bond acceptors (Lipinski definition) is 4. The van der Waals surface area contributed by atoms with Crippen LogP contribution in [0.3, 0.4) is 0 Å². The molecule has 0 spiro atoms. The van der Waals surface area contributed by atoms with Crippen LogP contribution in [0.1, 0.15) is 29.1 Å². The second-order valence-electron chi connectivity index (χ2n) is 5.82. The molecular formula is C15H19N3OS. The summed E-state index contributed by atoms with van der Waals surface area (Å²) in [7, 11) is 0. The number of amides is 1. The minimum Gasteiger partial charge on any atom is -0.397 e. The van der Waals surface area contributed by atoms with Gasteiger partial charge in [-0.1, -0.05) is 13.8 Å². The number of nitrogens with two attached hydrogens (primary N) is 1. The largest absolute Gasteiger partial charge is 0.397 e. The predicted molar refractivity (Wildman–Crippen MR) is 83.0 cm³/mol. The average molecular weight is 289 g/mol. The summed E-state index contributed by atoms with van der Waals surface area (Å²) < 4.78 is 0. The van der Waals surface area contributed by atoms with Crippen molar-refractivity contribution in [3.8, 4) is 0 Å². The molecule has 1 fully saturated rings. The number of likely N-dealkylation sites (tertiary alicyclic amines) is 1. The van der Waals surface area contributed by atoms with E-state index >= 15 is 0 Å². The Morgan fingerprint density at radius 2 is 2.05 bits per heavy atom. The molecule has 1 amide bonds. The van der Waals surface area contributed by atoms with Crippen molar-refractivity contribution in [2.75, 3.05) is 18.8 Å². The fourth-order valence-corrected chi connectivity index (χ4v) is 3.91. The first-order valence-corrected chi connectivity index (χ1v) is 7.73. The van der Waals surface area contributed by atoms with Crippen molar-refractivity contribution in [3.05, 3.63) is 22.7 Å². The minimum atomic E-state index is 0.0566. The molecular weight excluding hydrogens is 270 g/mol. The van der Waals surface area contributed by atoms with Crippen LogP contribution in [-0.4, -0.2) is 28.9 Å². The average Bonchev–Trinajstić information content (AvgIpc) is 2.91. The Hall–Kier alpha value is -1.62. The number of nitrogens with zero attached hydrogens (tertiary/aromatic N) is 2. The van der Waals surface area contributed by atoms with Gasteiger partial charge in [0.15, 0.2) is 0 Å². The highest BCUT2D eigenvalue weighted by Crippen LogP contribution is 2.36. The fraction of sp³-hybridized carbons (Fsp3) is 0.467. The second-order valence-corrected chi connectivity index (χ2v) is 6.82. The van der Waals surface area contributed by atoms with E-state index in [0.29, 0.717) is 22.4 Å². The maximum Gasteiger partial charge on any atom is 0.266 e. The van der Waals surface area contributed by atoms with Gasteiger partial charge in [-0.15, -0.1) is 11.3 Å². The molecule has 3 rings (SSSR count). The number of carbonyl (C=O) groups is 1. The van der Waals surface area contributed by atoms with Gasteiger partial charge in [0, 0.05) is 24.7 Å². The SMILES string of the molecule is Cc1ccnc2sc(C(=O)N3CC(C)C(C)C3)c(N)c12. The molecule has 0 saturated carbocycles. The van der Waals surface area contributed by atoms with E-state index in [0.717, 1.165) is 28.9 Å². The van der Waals surface area contributed by atoms with Gasteiger partial charge in [0.25, 0.3) is 5.91 Å². The third kappa shape index (κ3) is 1.97. The number of pyridine rings is 1. The van der Waals surface area contributed by atoms with E-state index in [9.17, 15) is 4.79 Å². The maximum absolute atomic E-state index is 12.7. The maximum atomic E-state index is 12.7. The van der Waals surface area contributed by atoms with Crippen molar-refractivity contribution in [1.29, 1.82) is 0 Å². The third-order valence-corrected chi connectivity index (χ3v) is 5.41. The van der Waals surface area contributed by atoms with E-state index in [1.54, 1.807) is 6.20 Å². The monoisotopic (exact) mass is 289 g/mol. The Balaban J connectivity index is 2.01. The minimum absolute atomic E-state index is 0.0566. The second kappa shape index (κ2) is 4.74. The number of carbonyl (C=O) groups excluding carboxylic acids is 1. The topological polar surface area (TPSA) is 59.2 Å². The molecule has 0 aromatic carbocycles. The van der Waals surface area contributed by atoms with Crippen LogP contribution in [0.4, 0.5) is 5.69 Å². The molecule has 1 aliphatic heterocycles. The Bertz CT molecular complexity index is 669. The number of fused-ring (bicyclic) bond motifs is 1. The van der Waals surface area contributed by atoms with Crippen LogP contribution in [0.25, 0.3) is 10.2 Å². The number of aromatic nitrogens is 1. The van der Waals surface area contributed by atoms with Crippen LogP contribution in [0, 0.1) is 18.8 Å². The molecule has 2 N–H and O–H groups in total. The lowest BCUT2D eigenvalue weighted by Crippen LogP contribution is -2.28. The predicted octanol–water partition coefficient (Wildman–Crippen LogP) is 2.91. The van der Waals surface area contributed by atoms with E-state index < -0.39 is 0 Å². The van der Waals surface area contributed by atoms with Gasteiger partial charge in [-0.2, -0.15) is 0 Å². The molecule has 2 unspecified atom stereocenters. The first-order valence-electron chi connectivity index (χ1n) is 6.92. The van der Waals surface area contributed by atoms with Crippen LogP contribution in [0.2, 0.25) is 0 Å². The van der Waals surface area contributed by atoms with E-state index in [2.05, 4.69) is 18.8 Å². The highest BCUT2D eigenvalue weighted by Gasteiger charge is 2.32. The first kappa shape index (κ1) is 13.4. The van der Waals surface area contributed by atoms with Crippen molar-refractivity contribution in [1.82, 2.24) is 9.88 Å². The van der Waals surface area contributed by atoms with Gasteiger partial charge in [-0.3, -0.25) is 4.79 Å².